The normalized spacial score (nSPS) is 13.0. The lowest BCUT2D eigenvalue weighted by Crippen LogP contribution is -2.47. The van der Waals surface area contributed by atoms with Crippen molar-refractivity contribution >= 4 is 52.7 Å². The molecule has 0 aliphatic heterocycles. The maximum Gasteiger partial charge on any atom is 0.408 e. The molecule has 272 valence electrons. The lowest BCUT2D eigenvalue weighted by atomic mass is 10.1. The molecular formula is C32H48N6O9S2. The molecule has 17 heteroatoms. The molecule has 0 saturated heterocycles. The van der Waals surface area contributed by atoms with E-state index >= 15 is 0 Å². The quantitative estimate of drug-likeness (QED) is 0.234. The van der Waals surface area contributed by atoms with Crippen LogP contribution < -0.4 is 16.4 Å². The Hall–Kier alpha value is -4.30. The van der Waals surface area contributed by atoms with Crippen molar-refractivity contribution in [2.24, 2.45) is 5.73 Å². The minimum Gasteiger partial charge on any atom is -0.458 e. The Labute approximate surface area is 295 Å². The average molecular weight is 725 g/mol. The predicted molar refractivity (Wildman–Crippen MR) is 183 cm³/mol. The summed E-state index contributed by atoms with van der Waals surface area (Å²) in [5, 5.41) is 18.0. The number of alkyl carbamates (subject to hydrolysis) is 2. The molecule has 49 heavy (non-hydrogen) atoms. The molecule has 0 aliphatic rings. The molecule has 0 saturated carbocycles. The van der Waals surface area contributed by atoms with Crippen LogP contribution in [-0.4, -0.2) is 74.5 Å². The van der Waals surface area contributed by atoms with E-state index in [4.69, 9.17) is 29.9 Å². The third-order valence-corrected chi connectivity index (χ3v) is 6.73. The van der Waals surface area contributed by atoms with Gasteiger partial charge >= 0.3 is 24.1 Å². The Morgan fingerprint density at radius 3 is 1.37 bits per heavy atom. The number of nitriles is 1. The number of nitrogens with one attached hydrogen (secondary N) is 2. The number of ether oxygens (including phenoxy) is 4. The second-order valence-corrected chi connectivity index (χ2v) is 16.5. The molecule has 2 rings (SSSR count). The number of hydrogen-bond acceptors (Lipinski definition) is 14. The van der Waals surface area contributed by atoms with E-state index in [9.17, 15) is 24.0 Å². The van der Waals surface area contributed by atoms with Crippen LogP contribution in [0, 0.1) is 11.3 Å². The summed E-state index contributed by atoms with van der Waals surface area (Å²) in [5.74, 6) is -1.85. The van der Waals surface area contributed by atoms with Crippen molar-refractivity contribution in [3.63, 3.8) is 0 Å². The van der Waals surface area contributed by atoms with Crippen LogP contribution in [0.2, 0.25) is 0 Å². The summed E-state index contributed by atoms with van der Waals surface area (Å²) in [7, 11) is 0. The zero-order chi connectivity index (χ0) is 38.0. The van der Waals surface area contributed by atoms with E-state index in [0.29, 0.717) is 10.0 Å². The predicted octanol–water partition coefficient (Wildman–Crippen LogP) is 4.81. The summed E-state index contributed by atoms with van der Waals surface area (Å²) in [6.07, 6.45) is -1.27. The summed E-state index contributed by atoms with van der Waals surface area (Å²) < 4.78 is 21.0. The number of thiazole rings is 2. The second kappa shape index (κ2) is 17.4. The van der Waals surface area contributed by atoms with Crippen LogP contribution in [0.5, 0.6) is 0 Å². The van der Waals surface area contributed by atoms with E-state index in [-0.39, 0.29) is 24.2 Å². The monoisotopic (exact) mass is 724 g/mol. The van der Waals surface area contributed by atoms with E-state index in [1.165, 1.54) is 28.1 Å². The number of hydrogen-bond donors (Lipinski definition) is 3. The fourth-order valence-electron chi connectivity index (χ4n) is 3.36. The van der Waals surface area contributed by atoms with Gasteiger partial charge in [0.15, 0.2) is 5.69 Å². The fourth-order valence-corrected chi connectivity index (χ4v) is 4.95. The zero-order valence-corrected chi connectivity index (χ0v) is 31.8. The van der Waals surface area contributed by atoms with Crippen molar-refractivity contribution in [1.82, 2.24) is 20.6 Å². The summed E-state index contributed by atoms with van der Waals surface area (Å²) in [5.41, 5.74) is 2.77. The Morgan fingerprint density at radius 1 is 0.694 bits per heavy atom. The van der Waals surface area contributed by atoms with Crippen LogP contribution in [-0.2, 0) is 41.4 Å². The molecule has 0 radical (unpaired) electrons. The summed E-state index contributed by atoms with van der Waals surface area (Å²) in [4.78, 5) is 68.0. The fraction of sp³-hybridized carbons (Fsp3) is 0.625. The first-order valence-electron chi connectivity index (χ1n) is 15.2. The lowest BCUT2D eigenvalue weighted by Gasteiger charge is -2.25. The van der Waals surface area contributed by atoms with Crippen molar-refractivity contribution in [2.45, 2.75) is 130 Å². The van der Waals surface area contributed by atoms with Gasteiger partial charge in [-0.2, -0.15) is 5.26 Å². The number of rotatable bonds is 9. The Balaban J connectivity index is 0.000000490. The zero-order valence-electron chi connectivity index (χ0n) is 30.1. The van der Waals surface area contributed by atoms with Crippen molar-refractivity contribution < 1.29 is 42.9 Å². The SMILES string of the molecule is CC(C)(C)OC(=O)N[C@@H](Cc1nc(C#N)cs1)C(=O)OC(C)(C)C.CC(C)(C)OC(=O)N[C@@H](Cc1nc(C(N)=O)cs1)C(=O)OC(C)(C)C. The molecule has 0 fully saturated rings. The first-order chi connectivity index (χ1) is 22.2. The molecule has 0 spiro atoms. The topological polar surface area (TPSA) is 222 Å². The van der Waals surface area contributed by atoms with Crippen molar-refractivity contribution in [3.05, 3.63) is 32.2 Å². The van der Waals surface area contributed by atoms with Crippen molar-refractivity contribution in [2.75, 3.05) is 0 Å². The Bertz CT molecular complexity index is 1500. The molecule has 2 aromatic heterocycles. The van der Waals surface area contributed by atoms with E-state index in [1.54, 1.807) is 88.5 Å². The minimum atomic E-state index is -0.999. The second-order valence-electron chi connectivity index (χ2n) is 14.6. The smallest absolute Gasteiger partial charge is 0.408 e. The first-order valence-corrected chi connectivity index (χ1v) is 17.0. The van der Waals surface area contributed by atoms with Crippen LogP contribution >= 0.6 is 22.7 Å². The Morgan fingerprint density at radius 2 is 1.06 bits per heavy atom. The molecule has 4 N–H and O–H groups in total. The number of nitrogens with two attached hydrogens (primary N) is 1. The van der Waals surface area contributed by atoms with Gasteiger partial charge in [-0.05, 0) is 83.1 Å². The van der Waals surface area contributed by atoms with E-state index < -0.39 is 64.5 Å². The highest BCUT2D eigenvalue weighted by atomic mass is 32.1. The highest BCUT2D eigenvalue weighted by Crippen LogP contribution is 2.17. The van der Waals surface area contributed by atoms with Crippen molar-refractivity contribution in [3.8, 4) is 6.07 Å². The molecule has 0 unspecified atom stereocenters. The average Bonchev–Trinajstić information content (AvgIpc) is 3.54. The Kier molecular flexibility index (Phi) is 15.2. The van der Waals surface area contributed by atoms with Gasteiger partial charge in [0.05, 0.1) is 10.0 Å². The van der Waals surface area contributed by atoms with E-state index in [1.807, 2.05) is 6.07 Å². The highest BCUT2D eigenvalue weighted by Gasteiger charge is 2.31. The number of nitrogens with zero attached hydrogens (tertiary/aromatic N) is 3. The van der Waals surface area contributed by atoms with Crippen LogP contribution in [0.3, 0.4) is 0 Å². The minimum absolute atomic E-state index is 0.0616. The number of esters is 2. The molecular weight excluding hydrogens is 677 g/mol. The van der Waals surface area contributed by atoms with Crippen molar-refractivity contribution in [1.29, 1.82) is 5.26 Å². The standard InChI is InChI=1S/C16H25N3O5S.C16H23N3O4S/c1-15(2,3)23-13(21)9(19-14(22)24-16(4,5)6)7-11-18-10(8-25-11)12(17)20;1-15(2,3)22-13(20)11(19-14(21)23-16(4,5)6)7-12-18-10(8-17)9-24-12/h8-9H,7H2,1-6H3,(H2,17,20)(H,19,22);9,11H,7H2,1-6H3,(H,19,21)/t9-;11-/m00/s1. The van der Waals surface area contributed by atoms with Gasteiger partial charge in [-0.25, -0.2) is 29.1 Å². The van der Waals surface area contributed by atoms with Gasteiger partial charge in [0.1, 0.15) is 46.3 Å². The molecule has 0 aliphatic carbocycles. The molecule has 2 atom stereocenters. The van der Waals surface area contributed by atoms with Gasteiger partial charge in [0, 0.05) is 23.6 Å². The van der Waals surface area contributed by atoms with Gasteiger partial charge in [-0.3, -0.25) is 4.79 Å². The first kappa shape index (κ1) is 42.7. The van der Waals surface area contributed by atoms with Gasteiger partial charge in [0.25, 0.3) is 5.91 Å². The maximum absolute atomic E-state index is 12.4. The number of carbonyl (C=O) groups excluding carboxylic acids is 5. The van der Waals surface area contributed by atoms with Crippen LogP contribution in [0.1, 0.15) is 109 Å². The summed E-state index contributed by atoms with van der Waals surface area (Å²) >= 11 is 2.41. The summed E-state index contributed by atoms with van der Waals surface area (Å²) in [6.45, 7) is 20.8. The number of primary amides is 1. The van der Waals surface area contributed by atoms with Crippen LogP contribution in [0.25, 0.3) is 0 Å². The summed E-state index contributed by atoms with van der Waals surface area (Å²) in [6, 6.07) is -0.0155. The molecule has 2 aromatic rings. The molecule has 15 nitrogen and oxygen atoms in total. The van der Waals surface area contributed by atoms with E-state index in [0.717, 1.165) is 0 Å². The van der Waals surface area contributed by atoms with Gasteiger partial charge in [-0.15, -0.1) is 22.7 Å². The molecule has 0 bridgehead atoms. The molecule has 0 aromatic carbocycles. The van der Waals surface area contributed by atoms with Gasteiger partial charge in [0.2, 0.25) is 0 Å². The number of amides is 3. The highest BCUT2D eigenvalue weighted by molar-refractivity contribution is 7.10. The third kappa shape index (κ3) is 18.7. The van der Waals surface area contributed by atoms with Crippen LogP contribution in [0.4, 0.5) is 9.59 Å². The largest absolute Gasteiger partial charge is 0.458 e. The van der Waals surface area contributed by atoms with Gasteiger partial charge < -0.3 is 35.3 Å². The third-order valence-electron chi connectivity index (χ3n) is 4.99. The number of carbonyl (C=O) groups is 5. The lowest BCUT2D eigenvalue weighted by molar-refractivity contribution is -0.158. The van der Waals surface area contributed by atoms with E-state index in [2.05, 4.69) is 20.6 Å². The molecule has 2 heterocycles. The maximum atomic E-state index is 12.4. The number of aromatic nitrogens is 2. The van der Waals surface area contributed by atoms with Crippen LogP contribution in [0.15, 0.2) is 10.8 Å². The van der Waals surface area contributed by atoms with Gasteiger partial charge in [-0.1, -0.05) is 0 Å². The molecule has 3 amide bonds.